The van der Waals surface area contributed by atoms with Gasteiger partial charge in [0.05, 0.1) is 44.1 Å². The quantitative estimate of drug-likeness (QED) is 0.0294. The number of carbonyl (C=O) groups excluding carboxylic acids is 8. The van der Waals surface area contributed by atoms with E-state index in [-0.39, 0.29) is 75.8 Å². The van der Waals surface area contributed by atoms with E-state index in [4.69, 9.17) is 48.6 Å². The van der Waals surface area contributed by atoms with E-state index in [2.05, 4.69) is 37.2 Å². The molecule has 0 saturated heterocycles. The highest BCUT2D eigenvalue weighted by atomic mass is 16.5. The molecule has 0 aromatic heterocycles. The molecule has 19 N–H and O–H groups in total. The Hall–Kier alpha value is -8.16. The Kier molecular flexibility index (Phi) is 27.3. The second-order valence-electron chi connectivity index (χ2n) is 18.8. The van der Waals surface area contributed by atoms with Crippen LogP contribution >= 0.6 is 0 Å². The van der Waals surface area contributed by atoms with E-state index in [1.54, 1.807) is 18.2 Å². The summed E-state index contributed by atoms with van der Waals surface area (Å²) in [6, 6.07) is 15.3. The molecule has 434 valence electrons. The van der Waals surface area contributed by atoms with Crippen LogP contribution in [0, 0.1) is 0 Å². The van der Waals surface area contributed by atoms with Crippen LogP contribution in [0.4, 0.5) is 22.7 Å². The van der Waals surface area contributed by atoms with Gasteiger partial charge in [-0.2, -0.15) is 0 Å². The molecule has 0 aliphatic rings. The van der Waals surface area contributed by atoms with Gasteiger partial charge in [0.2, 0.25) is 23.6 Å². The van der Waals surface area contributed by atoms with Crippen molar-refractivity contribution in [2.45, 2.75) is 108 Å². The average Bonchev–Trinajstić information content (AvgIpc) is 3.45. The Morgan fingerprint density at radius 3 is 1.18 bits per heavy atom. The second-order valence-corrected chi connectivity index (χ2v) is 18.8. The summed E-state index contributed by atoms with van der Waals surface area (Å²) in [5, 5.41) is 19.4. The Balaban J connectivity index is 1.53. The number of methoxy groups -OCH3 is 3. The Bertz CT molecular complexity index is 2740. The van der Waals surface area contributed by atoms with Crippen molar-refractivity contribution in [3.63, 3.8) is 0 Å². The third kappa shape index (κ3) is 20.3. The lowest BCUT2D eigenvalue weighted by Crippen LogP contribution is -2.44. The van der Waals surface area contributed by atoms with Crippen molar-refractivity contribution in [2.24, 2.45) is 34.4 Å². The van der Waals surface area contributed by atoms with Gasteiger partial charge < -0.3 is 85.8 Å². The third-order valence-corrected chi connectivity index (χ3v) is 12.8. The Morgan fingerprint density at radius 2 is 0.762 bits per heavy atom. The molecule has 0 spiro atoms. The molecular formula is C56H79N13O11. The lowest BCUT2D eigenvalue weighted by atomic mass is 10.0. The number of nitrogens with one attached hydrogen (secondary N) is 7. The van der Waals surface area contributed by atoms with Crippen LogP contribution < -0.4 is 85.8 Å². The van der Waals surface area contributed by atoms with E-state index in [0.29, 0.717) is 89.7 Å². The molecule has 4 atom stereocenters. The van der Waals surface area contributed by atoms with Crippen molar-refractivity contribution in [1.29, 1.82) is 0 Å². The number of carbonyl (C=O) groups is 8. The summed E-state index contributed by atoms with van der Waals surface area (Å²) >= 11 is 0. The minimum Gasteiger partial charge on any atom is -0.496 e. The molecule has 0 radical (unpaired) electrons. The van der Waals surface area contributed by atoms with Crippen LogP contribution in [0.3, 0.4) is 0 Å². The largest absolute Gasteiger partial charge is 0.496 e. The first-order valence-corrected chi connectivity index (χ1v) is 26.7. The van der Waals surface area contributed by atoms with E-state index in [0.717, 1.165) is 6.42 Å². The molecule has 24 heteroatoms. The average molecular weight is 1110 g/mol. The molecule has 80 heavy (non-hydrogen) atoms. The highest BCUT2D eigenvalue weighted by Gasteiger charge is 2.28. The predicted molar refractivity (Wildman–Crippen MR) is 306 cm³/mol. The normalized spacial score (nSPS) is 12.3. The minimum absolute atomic E-state index is 0.0299. The van der Waals surface area contributed by atoms with E-state index >= 15 is 0 Å². The fourth-order valence-corrected chi connectivity index (χ4v) is 8.38. The summed E-state index contributed by atoms with van der Waals surface area (Å²) in [7, 11) is 4.08. The van der Waals surface area contributed by atoms with Crippen molar-refractivity contribution >= 4 is 70.0 Å². The highest BCUT2D eigenvalue weighted by Crippen LogP contribution is 2.27. The maximum absolute atomic E-state index is 14.2. The van der Waals surface area contributed by atoms with Crippen molar-refractivity contribution in [3.8, 4) is 17.2 Å². The molecule has 0 bridgehead atoms. The summed E-state index contributed by atoms with van der Waals surface area (Å²) < 4.78 is 16.2. The molecule has 0 aliphatic heterocycles. The summed E-state index contributed by atoms with van der Waals surface area (Å²) in [5.41, 5.74) is 35.5. The molecule has 0 heterocycles. The third-order valence-electron chi connectivity index (χ3n) is 12.8. The lowest BCUT2D eigenvalue weighted by Gasteiger charge is -2.21. The zero-order valence-electron chi connectivity index (χ0n) is 45.8. The molecule has 4 aromatic carbocycles. The van der Waals surface area contributed by atoms with Crippen molar-refractivity contribution in [3.05, 3.63) is 101 Å². The van der Waals surface area contributed by atoms with E-state index in [1.807, 2.05) is 0 Å². The zero-order valence-corrected chi connectivity index (χ0v) is 45.8. The van der Waals surface area contributed by atoms with Crippen molar-refractivity contribution in [1.82, 2.24) is 16.0 Å². The van der Waals surface area contributed by atoms with Gasteiger partial charge in [-0.3, -0.25) is 38.4 Å². The van der Waals surface area contributed by atoms with Gasteiger partial charge in [-0.1, -0.05) is 25.3 Å². The van der Waals surface area contributed by atoms with Gasteiger partial charge in [0, 0.05) is 28.3 Å². The van der Waals surface area contributed by atoms with Crippen LogP contribution in [0.25, 0.3) is 0 Å². The van der Waals surface area contributed by atoms with Crippen LogP contribution in [-0.2, 0) is 19.2 Å². The number of amides is 8. The molecule has 8 amide bonds. The first kappa shape index (κ1) is 64.4. The number of nitrogens with two attached hydrogens (primary N) is 6. The standard InChI is InChI=1S/C56H79N13O11/c1-78-46-23-20-36(31-39(46)49(62)70)64-55(76)44(18-7-11-28-59)68-51(72)41-33-38(22-25-48(41)80-3)66-56(77)45(19-8-12-29-60)69-52(73)40-32-37(21-24-47(40)79-2)65-54(75)43(17-5-4-9-26-57)67-50(71)34-14-13-15-35(30-34)63-53(74)42(61)16-6-10-27-58/h13-15,20-25,30-33,42-45H,4-12,16-19,26-29,57-61H2,1-3H3,(H2,62,70)(H,63,74)(H,64,76)(H,65,75)(H,66,77)(H,67,71)(H,68,72)(H,69,73)/t42-,43-,44-,45-/m0/s1. The number of primary amides is 1. The number of rotatable bonds is 35. The van der Waals surface area contributed by atoms with Crippen LogP contribution in [0.1, 0.15) is 125 Å². The van der Waals surface area contributed by atoms with E-state index in [9.17, 15) is 38.4 Å². The van der Waals surface area contributed by atoms with E-state index < -0.39 is 71.4 Å². The first-order chi connectivity index (χ1) is 38.5. The van der Waals surface area contributed by atoms with Crippen LogP contribution in [0.2, 0.25) is 0 Å². The molecule has 0 fully saturated rings. The van der Waals surface area contributed by atoms with Gasteiger partial charge in [-0.15, -0.1) is 0 Å². The van der Waals surface area contributed by atoms with Gasteiger partial charge >= 0.3 is 0 Å². The second kappa shape index (κ2) is 34.0. The van der Waals surface area contributed by atoms with Crippen LogP contribution in [-0.4, -0.2) is 119 Å². The fraction of sp³-hybridized carbons (Fsp3) is 0.429. The maximum Gasteiger partial charge on any atom is 0.255 e. The zero-order chi connectivity index (χ0) is 58.6. The number of benzene rings is 4. The summed E-state index contributed by atoms with van der Waals surface area (Å²) in [4.78, 5) is 109. The number of ether oxygens (including phenoxy) is 3. The number of hydrogen-bond donors (Lipinski definition) is 13. The van der Waals surface area contributed by atoms with Gasteiger partial charge in [0.15, 0.2) is 0 Å². The van der Waals surface area contributed by atoms with Crippen LogP contribution in [0.15, 0.2) is 78.9 Å². The fourth-order valence-electron chi connectivity index (χ4n) is 8.38. The molecule has 0 saturated carbocycles. The molecule has 4 rings (SSSR count). The predicted octanol–water partition coefficient (Wildman–Crippen LogP) is 3.19. The maximum atomic E-state index is 14.2. The highest BCUT2D eigenvalue weighted by molar-refractivity contribution is 6.07. The molecular weight excluding hydrogens is 1030 g/mol. The summed E-state index contributed by atoms with van der Waals surface area (Å²) in [5.74, 6) is -4.57. The topological polar surface area (TPSA) is 405 Å². The lowest BCUT2D eigenvalue weighted by molar-refractivity contribution is -0.118. The van der Waals surface area contributed by atoms with Crippen molar-refractivity contribution in [2.75, 3.05) is 68.8 Å². The van der Waals surface area contributed by atoms with Gasteiger partial charge in [-0.05, 0) is 163 Å². The van der Waals surface area contributed by atoms with Gasteiger partial charge in [0.25, 0.3) is 23.6 Å². The summed E-state index contributed by atoms with van der Waals surface area (Å²) in [6.07, 6.45) is 6.39. The van der Waals surface area contributed by atoms with Crippen LogP contribution in [0.5, 0.6) is 17.2 Å². The molecule has 24 nitrogen and oxygen atoms in total. The number of anilines is 4. The van der Waals surface area contributed by atoms with Gasteiger partial charge in [0.1, 0.15) is 35.4 Å². The van der Waals surface area contributed by atoms with Crippen molar-refractivity contribution < 1.29 is 52.6 Å². The van der Waals surface area contributed by atoms with E-state index in [1.165, 1.54) is 82.0 Å². The SMILES string of the molecule is COc1ccc(NC(=O)[C@H](CCCCN)NC(=O)c2cc(NC(=O)[C@H](CCCCN)NC(=O)c3cc(NC(=O)[C@H](CCCCCN)NC(=O)c4cccc(NC(=O)[C@@H](N)CCCCN)c4)ccc3OC)ccc2OC)cc1C(N)=O. The molecule has 0 unspecified atom stereocenters. The molecule has 0 aliphatic carbocycles. The number of hydrogen-bond acceptors (Lipinski definition) is 16. The molecule has 4 aromatic rings. The first-order valence-electron chi connectivity index (χ1n) is 26.7. The van der Waals surface area contributed by atoms with Gasteiger partial charge in [-0.25, -0.2) is 0 Å². The Morgan fingerprint density at radius 1 is 0.412 bits per heavy atom. The number of unbranched alkanes of at least 4 members (excludes halogenated alkanes) is 5. The monoisotopic (exact) mass is 1110 g/mol. The smallest absolute Gasteiger partial charge is 0.255 e. The Labute approximate surface area is 466 Å². The summed E-state index contributed by atoms with van der Waals surface area (Å²) in [6.45, 7) is 1.60. The minimum atomic E-state index is -1.15.